The van der Waals surface area contributed by atoms with Crippen LogP contribution in [0, 0.1) is 0 Å². The first kappa shape index (κ1) is 13.3. The molecule has 100 valence electrons. The van der Waals surface area contributed by atoms with Crippen molar-refractivity contribution in [3.8, 4) is 0 Å². The molecule has 0 fully saturated rings. The molecule has 0 amide bonds. The van der Waals surface area contributed by atoms with Gasteiger partial charge in [0.2, 0.25) is 0 Å². The lowest BCUT2D eigenvalue weighted by atomic mass is 10.2. The molecule has 0 saturated carbocycles. The molecule has 0 saturated heterocycles. The van der Waals surface area contributed by atoms with Crippen LogP contribution in [0.25, 0.3) is 0 Å². The van der Waals surface area contributed by atoms with Crippen molar-refractivity contribution in [1.82, 2.24) is 9.55 Å². The van der Waals surface area contributed by atoms with Crippen LogP contribution >= 0.6 is 0 Å². The number of aromatic nitrogens is 2. The van der Waals surface area contributed by atoms with Crippen molar-refractivity contribution >= 4 is 11.5 Å². The zero-order valence-corrected chi connectivity index (χ0v) is 11.1. The molecule has 0 spiro atoms. The summed E-state index contributed by atoms with van der Waals surface area (Å²) in [6.07, 6.45) is 3.31. The van der Waals surface area contributed by atoms with E-state index in [9.17, 15) is 4.79 Å². The second-order valence-electron chi connectivity index (χ2n) is 4.61. The zero-order chi connectivity index (χ0) is 13.8. The van der Waals surface area contributed by atoms with Gasteiger partial charge in [-0.1, -0.05) is 12.1 Å². The molecular weight excluding hydrogens is 240 g/mol. The second-order valence-corrected chi connectivity index (χ2v) is 4.61. The molecule has 0 unspecified atom stereocenters. The average molecular weight is 258 g/mol. The van der Waals surface area contributed by atoms with E-state index >= 15 is 0 Å². The van der Waals surface area contributed by atoms with Gasteiger partial charge in [-0.25, -0.2) is 4.98 Å². The highest BCUT2D eigenvalue weighted by Crippen LogP contribution is 2.13. The van der Waals surface area contributed by atoms with Crippen molar-refractivity contribution in [2.45, 2.75) is 26.4 Å². The van der Waals surface area contributed by atoms with Crippen molar-refractivity contribution in [3.63, 3.8) is 0 Å². The molecule has 0 aliphatic carbocycles. The maximum atomic E-state index is 12.2. The summed E-state index contributed by atoms with van der Waals surface area (Å²) in [5, 5.41) is 3.04. The van der Waals surface area contributed by atoms with E-state index in [0.29, 0.717) is 12.4 Å². The molecule has 1 aromatic heterocycles. The van der Waals surface area contributed by atoms with Crippen LogP contribution in [0.15, 0.2) is 41.5 Å². The Morgan fingerprint density at radius 1 is 1.42 bits per heavy atom. The largest absolute Gasteiger partial charge is 0.336 e. The first-order valence-corrected chi connectivity index (χ1v) is 6.25. The van der Waals surface area contributed by atoms with Crippen LogP contribution in [0.4, 0.5) is 11.5 Å². The Hall–Kier alpha value is -2.14. The van der Waals surface area contributed by atoms with Gasteiger partial charge in [0.05, 0.1) is 0 Å². The molecule has 0 aliphatic heterocycles. The Morgan fingerprint density at radius 2 is 2.21 bits per heavy atom. The van der Waals surface area contributed by atoms with Gasteiger partial charge in [-0.2, -0.15) is 0 Å². The van der Waals surface area contributed by atoms with Crippen LogP contribution in [0.5, 0.6) is 0 Å². The fraction of sp³-hybridized carbons (Fsp3) is 0.286. The van der Waals surface area contributed by atoms with Gasteiger partial charge in [0, 0.05) is 30.7 Å². The van der Waals surface area contributed by atoms with Crippen molar-refractivity contribution in [2.24, 2.45) is 5.73 Å². The van der Waals surface area contributed by atoms with Gasteiger partial charge in [-0.3, -0.25) is 4.79 Å². The summed E-state index contributed by atoms with van der Waals surface area (Å²) in [6, 6.07) is 7.73. The SMILES string of the molecule is CC(C)n1ccnc(Nc2cccc(CN)c2)c1=O. The lowest BCUT2D eigenvalue weighted by Gasteiger charge is -2.12. The minimum absolute atomic E-state index is 0.103. The third kappa shape index (κ3) is 3.00. The summed E-state index contributed by atoms with van der Waals surface area (Å²) in [7, 11) is 0. The van der Waals surface area contributed by atoms with Gasteiger partial charge in [-0.05, 0) is 31.5 Å². The monoisotopic (exact) mass is 258 g/mol. The standard InChI is InChI=1S/C14H18N4O/c1-10(2)18-7-6-16-13(14(18)19)17-12-5-3-4-11(8-12)9-15/h3-8,10H,9,15H2,1-2H3,(H,16,17). The zero-order valence-electron chi connectivity index (χ0n) is 11.1. The Labute approximate surface area is 112 Å². The molecule has 5 nitrogen and oxygen atoms in total. The quantitative estimate of drug-likeness (QED) is 0.880. The molecule has 0 radical (unpaired) electrons. The molecule has 1 heterocycles. The van der Waals surface area contributed by atoms with Crippen LogP contribution in [0.1, 0.15) is 25.5 Å². The fourth-order valence-corrected chi connectivity index (χ4v) is 1.83. The minimum Gasteiger partial charge on any atom is -0.336 e. The molecule has 0 aliphatic rings. The third-order valence-corrected chi connectivity index (χ3v) is 2.85. The summed E-state index contributed by atoms with van der Waals surface area (Å²) in [5.41, 5.74) is 7.29. The topological polar surface area (TPSA) is 72.9 Å². The lowest BCUT2D eigenvalue weighted by molar-refractivity contribution is 0.576. The molecule has 5 heteroatoms. The summed E-state index contributed by atoms with van der Waals surface area (Å²) >= 11 is 0. The molecule has 2 rings (SSSR count). The Balaban J connectivity index is 2.33. The molecule has 1 aromatic carbocycles. The number of hydrogen-bond acceptors (Lipinski definition) is 4. The highest BCUT2D eigenvalue weighted by Gasteiger charge is 2.07. The number of benzene rings is 1. The van der Waals surface area contributed by atoms with Crippen LogP contribution in [0.3, 0.4) is 0 Å². The van der Waals surface area contributed by atoms with Crippen LogP contribution in [-0.2, 0) is 6.54 Å². The number of rotatable bonds is 4. The highest BCUT2D eigenvalue weighted by atomic mass is 16.1. The summed E-state index contributed by atoms with van der Waals surface area (Å²) in [5.74, 6) is 0.324. The summed E-state index contributed by atoms with van der Waals surface area (Å²) < 4.78 is 1.64. The minimum atomic E-state index is -0.129. The highest BCUT2D eigenvalue weighted by molar-refractivity contribution is 5.56. The number of nitrogens with two attached hydrogens (primary N) is 1. The van der Waals surface area contributed by atoms with Gasteiger partial charge >= 0.3 is 0 Å². The summed E-state index contributed by atoms with van der Waals surface area (Å²) in [6.45, 7) is 4.38. The first-order chi connectivity index (χ1) is 9.11. The Bertz CT molecular complexity index is 619. The molecular formula is C14H18N4O. The molecule has 0 bridgehead atoms. The maximum absolute atomic E-state index is 12.2. The van der Waals surface area contributed by atoms with E-state index in [0.717, 1.165) is 11.3 Å². The van der Waals surface area contributed by atoms with Gasteiger partial charge in [0.1, 0.15) is 0 Å². The molecule has 2 aromatic rings. The van der Waals surface area contributed by atoms with Crippen LogP contribution < -0.4 is 16.6 Å². The third-order valence-electron chi connectivity index (χ3n) is 2.85. The van der Waals surface area contributed by atoms with E-state index in [2.05, 4.69) is 10.3 Å². The number of anilines is 2. The molecule has 3 N–H and O–H groups in total. The van der Waals surface area contributed by atoms with Gasteiger partial charge < -0.3 is 15.6 Å². The molecule has 0 atom stereocenters. The second kappa shape index (κ2) is 5.67. The Morgan fingerprint density at radius 3 is 2.89 bits per heavy atom. The first-order valence-electron chi connectivity index (χ1n) is 6.25. The van der Waals surface area contributed by atoms with E-state index in [1.807, 2.05) is 38.1 Å². The predicted octanol–water partition coefficient (Wildman–Crippen LogP) is 2.03. The predicted molar refractivity (Wildman–Crippen MR) is 76.5 cm³/mol. The van der Waals surface area contributed by atoms with Gasteiger partial charge in [0.15, 0.2) is 5.82 Å². The van der Waals surface area contributed by atoms with Gasteiger partial charge in [-0.15, -0.1) is 0 Å². The maximum Gasteiger partial charge on any atom is 0.293 e. The van der Waals surface area contributed by atoms with E-state index < -0.39 is 0 Å². The van der Waals surface area contributed by atoms with E-state index in [-0.39, 0.29) is 11.6 Å². The van der Waals surface area contributed by atoms with Crippen molar-refractivity contribution in [2.75, 3.05) is 5.32 Å². The van der Waals surface area contributed by atoms with E-state index in [1.54, 1.807) is 17.0 Å². The van der Waals surface area contributed by atoms with E-state index in [1.165, 1.54) is 0 Å². The summed E-state index contributed by atoms with van der Waals surface area (Å²) in [4.78, 5) is 16.3. The van der Waals surface area contributed by atoms with Gasteiger partial charge in [0.25, 0.3) is 5.56 Å². The number of nitrogens with zero attached hydrogens (tertiary/aromatic N) is 2. The van der Waals surface area contributed by atoms with Crippen molar-refractivity contribution < 1.29 is 0 Å². The number of nitrogens with one attached hydrogen (secondary N) is 1. The fourth-order valence-electron chi connectivity index (χ4n) is 1.83. The van der Waals surface area contributed by atoms with Crippen molar-refractivity contribution in [3.05, 3.63) is 52.6 Å². The average Bonchev–Trinajstić information content (AvgIpc) is 2.41. The normalized spacial score (nSPS) is 10.7. The smallest absolute Gasteiger partial charge is 0.293 e. The Kier molecular flexibility index (Phi) is 3.97. The van der Waals surface area contributed by atoms with Crippen molar-refractivity contribution in [1.29, 1.82) is 0 Å². The number of hydrogen-bond donors (Lipinski definition) is 2. The van der Waals surface area contributed by atoms with Crippen LogP contribution in [-0.4, -0.2) is 9.55 Å². The van der Waals surface area contributed by atoms with Crippen LogP contribution in [0.2, 0.25) is 0 Å². The molecule has 19 heavy (non-hydrogen) atoms. The van der Waals surface area contributed by atoms with E-state index in [4.69, 9.17) is 5.73 Å². The lowest BCUT2D eigenvalue weighted by Crippen LogP contribution is -2.24.